The van der Waals surface area contributed by atoms with Crippen molar-refractivity contribution < 1.29 is 13.9 Å². The predicted molar refractivity (Wildman–Crippen MR) is 116 cm³/mol. The van der Waals surface area contributed by atoms with E-state index >= 15 is 0 Å². The van der Waals surface area contributed by atoms with Gasteiger partial charge in [-0.2, -0.15) is 5.10 Å². The van der Waals surface area contributed by atoms with Crippen molar-refractivity contribution in [3.8, 4) is 11.4 Å². The average molecular weight is 449 g/mol. The summed E-state index contributed by atoms with van der Waals surface area (Å²) >= 11 is 6.00. The van der Waals surface area contributed by atoms with Gasteiger partial charge in [0.1, 0.15) is 23.9 Å². The van der Waals surface area contributed by atoms with Crippen LogP contribution in [0.2, 0.25) is 5.02 Å². The highest BCUT2D eigenvalue weighted by molar-refractivity contribution is 6.30. The lowest BCUT2D eigenvalue weighted by atomic mass is 10.0. The Morgan fingerprint density at radius 3 is 2.78 bits per heavy atom. The van der Waals surface area contributed by atoms with E-state index in [4.69, 9.17) is 20.8 Å². The molecule has 160 valence electrons. The SMILES string of the molecule is O=C(COc1cccc(-n2cnnn2)c1)N1N=C(c2ccc(Cl)cc2)C[C@H]1c1ccco1. The Morgan fingerprint density at radius 2 is 2.03 bits per heavy atom. The topological polar surface area (TPSA) is 98.6 Å². The van der Waals surface area contributed by atoms with Gasteiger partial charge < -0.3 is 9.15 Å². The summed E-state index contributed by atoms with van der Waals surface area (Å²) in [7, 11) is 0. The quantitative estimate of drug-likeness (QED) is 0.446. The van der Waals surface area contributed by atoms with Gasteiger partial charge in [-0.15, -0.1) is 5.10 Å². The fraction of sp³-hybridized carbons (Fsp3) is 0.136. The number of furan rings is 1. The maximum Gasteiger partial charge on any atom is 0.281 e. The molecule has 4 aromatic rings. The third kappa shape index (κ3) is 4.10. The highest BCUT2D eigenvalue weighted by atomic mass is 35.5. The first-order chi connectivity index (χ1) is 15.7. The van der Waals surface area contributed by atoms with Crippen molar-refractivity contribution in [1.82, 2.24) is 25.2 Å². The van der Waals surface area contributed by atoms with E-state index in [1.807, 2.05) is 24.3 Å². The maximum atomic E-state index is 13.1. The van der Waals surface area contributed by atoms with Crippen LogP contribution in [0, 0.1) is 0 Å². The Labute approximate surface area is 187 Å². The summed E-state index contributed by atoms with van der Waals surface area (Å²) in [5, 5.41) is 17.7. The third-order valence-corrected chi connectivity index (χ3v) is 5.26. The van der Waals surface area contributed by atoms with Crippen molar-refractivity contribution in [2.75, 3.05) is 6.61 Å². The van der Waals surface area contributed by atoms with Gasteiger partial charge in [-0.3, -0.25) is 4.79 Å². The molecule has 3 heterocycles. The number of aromatic nitrogens is 4. The molecule has 0 fully saturated rings. The predicted octanol–water partition coefficient (Wildman–Crippen LogP) is 3.67. The molecule has 0 aliphatic carbocycles. The molecule has 0 bridgehead atoms. The summed E-state index contributed by atoms with van der Waals surface area (Å²) in [5.74, 6) is 0.886. The summed E-state index contributed by atoms with van der Waals surface area (Å²) in [5.41, 5.74) is 2.39. The van der Waals surface area contributed by atoms with E-state index in [2.05, 4.69) is 20.6 Å². The molecule has 1 amide bonds. The number of nitrogens with zero attached hydrogens (tertiary/aromatic N) is 6. The van der Waals surface area contributed by atoms with Gasteiger partial charge in [-0.05, 0) is 52.4 Å². The van der Waals surface area contributed by atoms with Crippen LogP contribution in [-0.2, 0) is 4.79 Å². The number of carbonyl (C=O) groups excluding carboxylic acids is 1. The van der Waals surface area contributed by atoms with Crippen LogP contribution < -0.4 is 4.74 Å². The van der Waals surface area contributed by atoms with Gasteiger partial charge in [-0.1, -0.05) is 29.8 Å². The zero-order chi connectivity index (χ0) is 21.9. The van der Waals surface area contributed by atoms with Crippen molar-refractivity contribution in [2.45, 2.75) is 12.5 Å². The number of amides is 1. The van der Waals surface area contributed by atoms with Gasteiger partial charge in [0, 0.05) is 17.5 Å². The van der Waals surface area contributed by atoms with Crippen molar-refractivity contribution in [2.24, 2.45) is 5.10 Å². The molecule has 1 aliphatic heterocycles. The van der Waals surface area contributed by atoms with Crippen molar-refractivity contribution >= 4 is 23.2 Å². The zero-order valence-electron chi connectivity index (χ0n) is 16.7. The van der Waals surface area contributed by atoms with Crippen LogP contribution in [0.15, 0.2) is 82.8 Å². The van der Waals surface area contributed by atoms with E-state index in [0.717, 1.165) is 17.0 Å². The summed E-state index contributed by atoms with van der Waals surface area (Å²) in [6.45, 7) is -0.187. The van der Waals surface area contributed by atoms with Crippen molar-refractivity contribution in [3.05, 3.63) is 89.6 Å². The number of hydrogen-bond acceptors (Lipinski definition) is 7. The smallest absolute Gasteiger partial charge is 0.281 e. The lowest BCUT2D eigenvalue weighted by Crippen LogP contribution is -2.31. The number of benzene rings is 2. The number of ether oxygens (including phenoxy) is 1. The Bertz CT molecular complexity index is 1240. The monoisotopic (exact) mass is 448 g/mol. The van der Waals surface area contributed by atoms with Crippen LogP contribution >= 0.6 is 11.6 Å². The number of tetrazole rings is 1. The Morgan fingerprint density at radius 1 is 1.16 bits per heavy atom. The summed E-state index contributed by atoms with van der Waals surface area (Å²) < 4.78 is 12.8. The van der Waals surface area contributed by atoms with E-state index in [-0.39, 0.29) is 18.6 Å². The largest absolute Gasteiger partial charge is 0.484 e. The fourth-order valence-corrected chi connectivity index (χ4v) is 3.59. The van der Waals surface area contributed by atoms with E-state index in [1.54, 1.807) is 42.7 Å². The van der Waals surface area contributed by atoms with Crippen LogP contribution in [0.3, 0.4) is 0 Å². The minimum Gasteiger partial charge on any atom is -0.484 e. The van der Waals surface area contributed by atoms with E-state index in [0.29, 0.717) is 23.0 Å². The standard InChI is InChI=1S/C22H17ClN6O3/c23-16-8-6-15(7-9-16)19-12-20(21-5-2-10-31-21)29(25-19)22(30)13-32-18-4-1-3-17(11-18)28-14-24-26-27-28/h1-11,14,20H,12-13H2/t20-/m0/s1. The molecule has 0 unspecified atom stereocenters. The van der Waals surface area contributed by atoms with E-state index < -0.39 is 0 Å². The van der Waals surface area contributed by atoms with Crippen LogP contribution in [0.5, 0.6) is 5.75 Å². The minimum absolute atomic E-state index is 0.187. The summed E-state index contributed by atoms with van der Waals surface area (Å²) in [6.07, 6.45) is 3.59. The Hall–Kier alpha value is -3.98. The number of carbonyl (C=O) groups is 1. The van der Waals surface area contributed by atoms with Gasteiger partial charge >= 0.3 is 0 Å². The number of hydrazone groups is 1. The molecule has 0 radical (unpaired) electrons. The average Bonchev–Trinajstić information content (AvgIpc) is 3.59. The Kier molecular flexibility index (Phi) is 5.39. The summed E-state index contributed by atoms with van der Waals surface area (Å²) in [4.78, 5) is 13.1. The number of rotatable bonds is 6. The molecule has 32 heavy (non-hydrogen) atoms. The maximum absolute atomic E-state index is 13.1. The van der Waals surface area contributed by atoms with Crippen LogP contribution in [0.1, 0.15) is 23.8 Å². The molecular weight excluding hydrogens is 432 g/mol. The molecule has 9 nitrogen and oxygen atoms in total. The molecule has 1 atom stereocenters. The molecule has 10 heteroatoms. The lowest BCUT2D eigenvalue weighted by molar-refractivity contribution is -0.135. The van der Waals surface area contributed by atoms with E-state index in [1.165, 1.54) is 16.0 Å². The molecule has 2 aromatic heterocycles. The zero-order valence-corrected chi connectivity index (χ0v) is 17.5. The van der Waals surface area contributed by atoms with E-state index in [9.17, 15) is 4.79 Å². The first-order valence-electron chi connectivity index (χ1n) is 9.82. The highest BCUT2D eigenvalue weighted by Crippen LogP contribution is 2.33. The van der Waals surface area contributed by atoms with Crippen LogP contribution in [-0.4, -0.2) is 43.4 Å². The molecule has 0 N–H and O–H groups in total. The van der Waals surface area contributed by atoms with Gasteiger partial charge in [0.2, 0.25) is 0 Å². The van der Waals surface area contributed by atoms with Crippen molar-refractivity contribution in [1.29, 1.82) is 0 Å². The van der Waals surface area contributed by atoms with Gasteiger partial charge in [0.25, 0.3) is 5.91 Å². The fourth-order valence-electron chi connectivity index (χ4n) is 3.47. The second kappa shape index (κ2) is 8.64. The molecule has 5 rings (SSSR count). The minimum atomic E-state index is -0.348. The highest BCUT2D eigenvalue weighted by Gasteiger charge is 2.35. The van der Waals surface area contributed by atoms with Gasteiger partial charge in [-0.25, -0.2) is 9.69 Å². The van der Waals surface area contributed by atoms with Crippen molar-refractivity contribution in [3.63, 3.8) is 0 Å². The number of halogens is 1. The number of hydrogen-bond donors (Lipinski definition) is 0. The lowest BCUT2D eigenvalue weighted by Gasteiger charge is -2.20. The third-order valence-electron chi connectivity index (χ3n) is 5.01. The molecule has 2 aromatic carbocycles. The van der Waals surface area contributed by atoms with Gasteiger partial charge in [0.05, 0.1) is 17.7 Å². The molecule has 0 saturated carbocycles. The van der Waals surface area contributed by atoms with Crippen LogP contribution in [0.4, 0.5) is 0 Å². The molecule has 0 saturated heterocycles. The summed E-state index contributed by atoms with van der Waals surface area (Å²) in [6, 6.07) is 17.8. The normalized spacial score (nSPS) is 15.6. The second-order valence-electron chi connectivity index (χ2n) is 7.07. The van der Waals surface area contributed by atoms with Crippen LogP contribution in [0.25, 0.3) is 5.69 Å². The Balaban J connectivity index is 1.34. The van der Waals surface area contributed by atoms with Gasteiger partial charge in [0.15, 0.2) is 6.61 Å². The molecule has 1 aliphatic rings. The molecule has 0 spiro atoms. The first kappa shape index (κ1) is 20.0. The second-order valence-corrected chi connectivity index (χ2v) is 7.50. The first-order valence-corrected chi connectivity index (χ1v) is 10.2. The molecular formula is C22H17ClN6O3.